The van der Waals surface area contributed by atoms with Crippen LogP contribution in [0.2, 0.25) is 0 Å². The summed E-state index contributed by atoms with van der Waals surface area (Å²) in [5.74, 6) is -0.737. The lowest BCUT2D eigenvalue weighted by Gasteiger charge is -2.31. The molecular weight excluding hydrogens is 375 g/mol. The third-order valence-electron chi connectivity index (χ3n) is 4.72. The van der Waals surface area contributed by atoms with Gasteiger partial charge in [0.25, 0.3) is 0 Å². The Bertz CT molecular complexity index is 858. The predicted octanol–water partition coefficient (Wildman–Crippen LogP) is 4.22. The van der Waals surface area contributed by atoms with Crippen molar-refractivity contribution in [3.05, 3.63) is 53.0 Å². The van der Waals surface area contributed by atoms with Gasteiger partial charge < -0.3 is 15.2 Å². The van der Waals surface area contributed by atoms with Crippen LogP contribution in [0.3, 0.4) is 0 Å². The number of alkyl halides is 3. The maximum absolute atomic E-state index is 12.9. The Morgan fingerprint density at radius 2 is 2.11 bits per heavy atom. The number of hydrogen-bond acceptors (Lipinski definition) is 5. The van der Waals surface area contributed by atoms with E-state index in [0.29, 0.717) is 29.9 Å². The lowest BCUT2D eigenvalue weighted by Crippen LogP contribution is -2.29. The molecule has 0 spiro atoms. The van der Waals surface area contributed by atoms with Crippen molar-refractivity contribution >= 4 is 11.8 Å². The van der Waals surface area contributed by atoms with Gasteiger partial charge in [0.1, 0.15) is 12.1 Å². The first kappa shape index (κ1) is 20.1. The summed E-state index contributed by atoms with van der Waals surface area (Å²) >= 11 is 0. The number of hydrogen-bond donors (Lipinski definition) is 2. The van der Waals surface area contributed by atoms with E-state index >= 15 is 0 Å². The van der Waals surface area contributed by atoms with E-state index in [2.05, 4.69) is 15.3 Å². The number of aromatic nitrogens is 2. The van der Waals surface area contributed by atoms with Gasteiger partial charge in [0.15, 0.2) is 5.69 Å². The first-order valence-electron chi connectivity index (χ1n) is 8.87. The standard InChI is InChI=1S/C19H20F3N3O3/c1-11-16(18(26)27)24-10-25-17(11)23-9-14-6-3-7-15(28-14)12-4-2-5-13(8-12)19(20,21)22/h2,4-5,8,10,14-15H,3,6-7,9H2,1H3,(H,26,27)(H,23,24,25)/t14-,15+/m1/s1. The van der Waals surface area contributed by atoms with Crippen molar-refractivity contribution in [3.63, 3.8) is 0 Å². The molecule has 0 unspecified atom stereocenters. The molecule has 1 aliphatic rings. The van der Waals surface area contributed by atoms with Gasteiger partial charge in [-0.2, -0.15) is 13.2 Å². The predicted molar refractivity (Wildman–Crippen MR) is 95.1 cm³/mol. The second-order valence-electron chi connectivity index (χ2n) is 6.68. The van der Waals surface area contributed by atoms with Crippen LogP contribution in [0.5, 0.6) is 0 Å². The van der Waals surface area contributed by atoms with E-state index in [1.54, 1.807) is 13.0 Å². The number of carbonyl (C=O) groups is 1. The Hall–Kier alpha value is -2.68. The molecule has 2 atom stereocenters. The molecule has 1 aliphatic heterocycles. The van der Waals surface area contributed by atoms with Crippen molar-refractivity contribution in [2.45, 2.75) is 44.6 Å². The number of aromatic carboxylic acids is 1. The van der Waals surface area contributed by atoms with Crippen LogP contribution in [0.1, 0.15) is 52.5 Å². The van der Waals surface area contributed by atoms with Crippen LogP contribution in [0, 0.1) is 6.92 Å². The lowest BCUT2D eigenvalue weighted by atomic mass is 9.97. The smallest absolute Gasteiger partial charge is 0.416 e. The summed E-state index contributed by atoms with van der Waals surface area (Å²) in [6.07, 6.45) is -1.65. The molecule has 3 rings (SSSR count). The molecule has 2 aromatic rings. The van der Waals surface area contributed by atoms with E-state index in [1.165, 1.54) is 12.4 Å². The monoisotopic (exact) mass is 395 g/mol. The van der Waals surface area contributed by atoms with Crippen molar-refractivity contribution in [2.24, 2.45) is 0 Å². The van der Waals surface area contributed by atoms with Crippen LogP contribution in [0.25, 0.3) is 0 Å². The summed E-state index contributed by atoms with van der Waals surface area (Å²) in [6.45, 7) is 1.98. The molecule has 0 radical (unpaired) electrons. The normalized spacial score (nSPS) is 20.0. The van der Waals surface area contributed by atoms with Crippen LogP contribution in [-0.2, 0) is 10.9 Å². The molecule has 0 saturated carbocycles. The number of carboxylic acids is 1. The summed E-state index contributed by atoms with van der Waals surface area (Å²) < 4.78 is 44.8. The van der Waals surface area contributed by atoms with E-state index < -0.39 is 23.8 Å². The van der Waals surface area contributed by atoms with Crippen molar-refractivity contribution in [1.29, 1.82) is 0 Å². The molecule has 1 aromatic heterocycles. The van der Waals surface area contributed by atoms with E-state index in [4.69, 9.17) is 9.84 Å². The second-order valence-corrected chi connectivity index (χ2v) is 6.68. The number of carboxylic acid groups (broad SMARTS) is 1. The SMILES string of the molecule is Cc1c(NC[C@H]2CCC[C@@H](c3cccc(C(F)(F)F)c3)O2)ncnc1C(=O)O. The van der Waals surface area contributed by atoms with Gasteiger partial charge in [-0.15, -0.1) is 0 Å². The Balaban J connectivity index is 1.66. The minimum Gasteiger partial charge on any atom is -0.476 e. The highest BCUT2D eigenvalue weighted by Crippen LogP contribution is 2.35. The average molecular weight is 395 g/mol. The third kappa shape index (κ3) is 4.59. The fourth-order valence-electron chi connectivity index (χ4n) is 3.26. The molecule has 28 heavy (non-hydrogen) atoms. The van der Waals surface area contributed by atoms with Gasteiger partial charge in [-0.05, 0) is 43.9 Å². The van der Waals surface area contributed by atoms with Crippen LogP contribution in [0.4, 0.5) is 19.0 Å². The Labute approximate surface area is 159 Å². The molecule has 2 N–H and O–H groups in total. The first-order chi connectivity index (χ1) is 13.3. The number of halogens is 3. The number of nitrogens with one attached hydrogen (secondary N) is 1. The summed E-state index contributed by atoms with van der Waals surface area (Å²) in [7, 11) is 0. The van der Waals surface area contributed by atoms with Gasteiger partial charge in [0.05, 0.1) is 17.8 Å². The van der Waals surface area contributed by atoms with Crippen LogP contribution < -0.4 is 5.32 Å². The molecule has 1 aromatic carbocycles. The Morgan fingerprint density at radius 3 is 2.82 bits per heavy atom. The number of anilines is 1. The van der Waals surface area contributed by atoms with Crippen molar-refractivity contribution in [2.75, 3.05) is 11.9 Å². The zero-order valence-corrected chi connectivity index (χ0v) is 15.2. The largest absolute Gasteiger partial charge is 0.476 e. The molecule has 6 nitrogen and oxygen atoms in total. The fourth-order valence-corrected chi connectivity index (χ4v) is 3.26. The Kier molecular flexibility index (Phi) is 5.83. The van der Waals surface area contributed by atoms with Gasteiger partial charge in [-0.25, -0.2) is 14.8 Å². The molecule has 0 amide bonds. The zero-order valence-electron chi connectivity index (χ0n) is 15.2. The molecule has 150 valence electrons. The Morgan fingerprint density at radius 1 is 1.32 bits per heavy atom. The van der Waals surface area contributed by atoms with Gasteiger partial charge >= 0.3 is 12.1 Å². The van der Waals surface area contributed by atoms with E-state index in [-0.39, 0.29) is 11.8 Å². The van der Waals surface area contributed by atoms with Gasteiger partial charge in [0, 0.05) is 12.1 Å². The van der Waals surface area contributed by atoms with Gasteiger partial charge in [0.2, 0.25) is 0 Å². The zero-order chi connectivity index (χ0) is 20.3. The summed E-state index contributed by atoms with van der Waals surface area (Å²) in [5, 5.41) is 12.2. The highest BCUT2D eigenvalue weighted by atomic mass is 19.4. The van der Waals surface area contributed by atoms with Crippen LogP contribution in [-0.4, -0.2) is 33.7 Å². The third-order valence-corrected chi connectivity index (χ3v) is 4.72. The molecule has 2 heterocycles. The molecule has 1 fully saturated rings. The molecular formula is C19H20F3N3O3. The number of benzene rings is 1. The van der Waals surface area contributed by atoms with E-state index in [9.17, 15) is 18.0 Å². The summed E-state index contributed by atoms with van der Waals surface area (Å²) in [6, 6.07) is 5.21. The van der Waals surface area contributed by atoms with Gasteiger partial charge in [-0.1, -0.05) is 12.1 Å². The van der Waals surface area contributed by atoms with Crippen molar-refractivity contribution in [1.82, 2.24) is 9.97 Å². The van der Waals surface area contributed by atoms with E-state index in [0.717, 1.165) is 25.0 Å². The minimum atomic E-state index is -4.39. The quantitative estimate of drug-likeness (QED) is 0.789. The average Bonchev–Trinajstić information content (AvgIpc) is 2.66. The second kappa shape index (κ2) is 8.14. The van der Waals surface area contributed by atoms with Crippen molar-refractivity contribution < 1.29 is 27.8 Å². The van der Waals surface area contributed by atoms with Crippen molar-refractivity contribution in [3.8, 4) is 0 Å². The highest BCUT2D eigenvalue weighted by molar-refractivity contribution is 5.88. The number of rotatable bonds is 5. The first-order valence-corrected chi connectivity index (χ1v) is 8.87. The van der Waals surface area contributed by atoms with Crippen LogP contribution in [0.15, 0.2) is 30.6 Å². The molecule has 9 heteroatoms. The minimum absolute atomic E-state index is 0.0797. The number of ether oxygens (including phenoxy) is 1. The lowest BCUT2D eigenvalue weighted by molar-refractivity contribution is -0.137. The fraction of sp³-hybridized carbons (Fsp3) is 0.421. The van der Waals surface area contributed by atoms with Gasteiger partial charge in [-0.3, -0.25) is 0 Å². The molecule has 0 aliphatic carbocycles. The van der Waals surface area contributed by atoms with Crippen LogP contribution >= 0.6 is 0 Å². The number of nitrogens with zero attached hydrogens (tertiary/aromatic N) is 2. The topological polar surface area (TPSA) is 84.3 Å². The highest BCUT2D eigenvalue weighted by Gasteiger charge is 2.32. The summed E-state index contributed by atoms with van der Waals surface area (Å²) in [4.78, 5) is 18.9. The summed E-state index contributed by atoms with van der Waals surface area (Å²) in [5.41, 5.74) is 0.154. The molecule has 0 bridgehead atoms. The maximum Gasteiger partial charge on any atom is 0.416 e. The molecule has 1 saturated heterocycles. The maximum atomic E-state index is 12.9. The van der Waals surface area contributed by atoms with E-state index in [1.807, 2.05) is 0 Å².